The van der Waals surface area contributed by atoms with Crippen LogP contribution in [0.5, 0.6) is 0 Å². The molecule has 1 N–H and O–H groups in total. The van der Waals surface area contributed by atoms with E-state index in [2.05, 4.69) is 50.4 Å². The fraction of sp³-hybridized carbons (Fsp3) is 0.600. The fourth-order valence-electron chi connectivity index (χ4n) is 4.15. The highest BCUT2D eigenvalue weighted by Gasteiger charge is 2.59. The van der Waals surface area contributed by atoms with Crippen LogP contribution in [0.3, 0.4) is 0 Å². The molecule has 0 radical (unpaired) electrons. The van der Waals surface area contributed by atoms with E-state index >= 15 is 0 Å². The van der Waals surface area contributed by atoms with Gasteiger partial charge in [0, 0.05) is 6.04 Å². The third-order valence-corrected chi connectivity index (χ3v) is 4.73. The smallest absolute Gasteiger partial charge is 0.0162 e. The molecule has 2 aliphatic rings. The predicted octanol–water partition coefficient (Wildman–Crippen LogP) is 2.96. The van der Waals surface area contributed by atoms with E-state index in [1.165, 1.54) is 6.42 Å². The van der Waals surface area contributed by atoms with Crippen molar-refractivity contribution in [2.75, 3.05) is 6.54 Å². The number of hydrogen-bond donors (Lipinski definition) is 1. The Kier molecular flexibility index (Phi) is 2.16. The molecule has 1 saturated carbocycles. The molecule has 0 aromatic heterocycles. The highest BCUT2D eigenvalue weighted by Crippen LogP contribution is 2.61. The molecule has 2 aliphatic carbocycles. The van der Waals surface area contributed by atoms with E-state index in [9.17, 15) is 0 Å². The minimum atomic E-state index is 0.424. The van der Waals surface area contributed by atoms with Gasteiger partial charge < -0.3 is 5.32 Å². The second-order valence-electron chi connectivity index (χ2n) is 5.90. The Balaban J connectivity index is 1.95. The monoisotopic (exact) mass is 215 g/mol. The molecule has 16 heavy (non-hydrogen) atoms. The number of hydrogen-bond acceptors (Lipinski definition) is 1. The lowest BCUT2D eigenvalue weighted by Crippen LogP contribution is -2.61. The second kappa shape index (κ2) is 3.33. The van der Waals surface area contributed by atoms with Crippen LogP contribution in [-0.4, -0.2) is 12.6 Å². The average Bonchev–Trinajstić information content (AvgIpc) is 2.62. The van der Waals surface area contributed by atoms with Crippen molar-refractivity contribution in [3.05, 3.63) is 35.4 Å². The van der Waals surface area contributed by atoms with Crippen LogP contribution >= 0.6 is 0 Å². The second-order valence-corrected chi connectivity index (χ2v) is 5.90. The van der Waals surface area contributed by atoms with Crippen LogP contribution in [0.2, 0.25) is 0 Å². The maximum Gasteiger partial charge on any atom is 0.0162 e. The molecular formula is C15H21N. The van der Waals surface area contributed by atoms with Gasteiger partial charge in [-0.25, -0.2) is 0 Å². The number of nitrogens with one attached hydrogen (secondary N) is 1. The molecule has 3 atom stereocenters. The Hall–Kier alpha value is -0.820. The topological polar surface area (TPSA) is 12.0 Å². The molecule has 3 unspecified atom stereocenters. The summed E-state index contributed by atoms with van der Waals surface area (Å²) in [6.45, 7) is 8.15. The first kappa shape index (κ1) is 10.3. The van der Waals surface area contributed by atoms with Crippen molar-refractivity contribution in [2.24, 2.45) is 11.3 Å². The SMILES string of the molecule is CCNC1C2Cc3ccccc3C2C1(C)C. The number of fused-ring (bicyclic) bond motifs is 3. The van der Waals surface area contributed by atoms with Crippen LogP contribution in [0.15, 0.2) is 24.3 Å². The summed E-state index contributed by atoms with van der Waals surface area (Å²) in [5.41, 5.74) is 3.63. The number of rotatable bonds is 2. The van der Waals surface area contributed by atoms with Crippen molar-refractivity contribution in [3.63, 3.8) is 0 Å². The zero-order chi connectivity index (χ0) is 11.3. The van der Waals surface area contributed by atoms with Crippen LogP contribution < -0.4 is 5.32 Å². The first-order valence-corrected chi connectivity index (χ1v) is 6.47. The van der Waals surface area contributed by atoms with Crippen molar-refractivity contribution in [3.8, 4) is 0 Å². The zero-order valence-electron chi connectivity index (χ0n) is 10.5. The summed E-state index contributed by atoms with van der Waals surface area (Å²) >= 11 is 0. The first-order chi connectivity index (χ1) is 7.66. The van der Waals surface area contributed by atoms with E-state index in [-0.39, 0.29) is 0 Å². The van der Waals surface area contributed by atoms with Crippen LogP contribution in [0.1, 0.15) is 37.8 Å². The summed E-state index contributed by atoms with van der Waals surface area (Å²) in [4.78, 5) is 0. The largest absolute Gasteiger partial charge is 0.313 e. The van der Waals surface area contributed by atoms with Crippen LogP contribution in [0.25, 0.3) is 0 Å². The maximum absolute atomic E-state index is 3.68. The molecule has 0 saturated heterocycles. The Morgan fingerprint density at radius 2 is 2.06 bits per heavy atom. The van der Waals surface area contributed by atoms with Gasteiger partial charge in [-0.2, -0.15) is 0 Å². The van der Waals surface area contributed by atoms with E-state index in [0.717, 1.165) is 18.4 Å². The summed E-state index contributed by atoms with van der Waals surface area (Å²) in [6.07, 6.45) is 1.28. The highest BCUT2D eigenvalue weighted by molar-refractivity contribution is 5.43. The molecular weight excluding hydrogens is 194 g/mol. The summed E-state index contributed by atoms with van der Waals surface area (Å²) < 4.78 is 0. The van der Waals surface area contributed by atoms with Gasteiger partial charge in [-0.15, -0.1) is 0 Å². The fourth-order valence-corrected chi connectivity index (χ4v) is 4.15. The molecule has 0 aliphatic heterocycles. The normalized spacial score (nSPS) is 34.1. The zero-order valence-corrected chi connectivity index (χ0v) is 10.5. The lowest BCUT2D eigenvalue weighted by atomic mass is 9.52. The van der Waals surface area contributed by atoms with Gasteiger partial charge in [-0.05, 0) is 41.3 Å². The third-order valence-electron chi connectivity index (χ3n) is 4.73. The molecule has 0 amide bonds. The van der Waals surface area contributed by atoms with Gasteiger partial charge in [0.25, 0.3) is 0 Å². The number of benzene rings is 1. The Morgan fingerprint density at radius 3 is 2.81 bits per heavy atom. The molecule has 1 nitrogen and oxygen atoms in total. The summed E-state index contributed by atoms with van der Waals surface area (Å²) in [5, 5.41) is 3.68. The van der Waals surface area contributed by atoms with E-state index < -0.39 is 0 Å². The van der Waals surface area contributed by atoms with Gasteiger partial charge in [0.2, 0.25) is 0 Å². The molecule has 86 valence electrons. The molecule has 1 aromatic rings. The van der Waals surface area contributed by atoms with Gasteiger partial charge in [0.05, 0.1) is 0 Å². The van der Waals surface area contributed by atoms with Gasteiger partial charge in [-0.1, -0.05) is 45.0 Å². The lowest BCUT2D eigenvalue weighted by Gasteiger charge is -2.56. The highest BCUT2D eigenvalue weighted by atomic mass is 15.0. The van der Waals surface area contributed by atoms with Crippen molar-refractivity contribution >= 4 is 0 Å². The van der Waals surface area contributed by atoms with Gasteiger partial charge in [-0.3, -0.25) is 0 Å². The van der Waals surface area contributed by atoms with Gasteiger partial charge in [0.1, 0.15) is 0 Å². The van der Waals surface area contributed by atoms with Crippen LogP contribution in [0, 0.1) is 11.3 Å². The van der Waals surface area contributed by atoms with Crippen molar-refractivity contribution in [1.82, 2.24) is 5.32 Å². The van der Waals surface area contributed by atoms with Crippen molar-refractivity contribution in [2.45, 2.75) is 39.2 Å². The maximum atomic E-state index is 3.68. The van der Waals surface area contributed by atoms with Gasteiger partial charge in [0.15, 0.2) is 0 Å². The standard InChI is InChI=1S/C15H21N/c1-4-16-14-12-9-10-7-5-6-8-11(10)13(12)15(14,2)3/h5-8,12-14,16H,4,9H2,1-3H3. The molecule has 1 heteroatoms. The molecule has 0 heterocycles. The van der Waals surface area contributed by atoms with E-state index in [4.69, 9.17) is 0 Å². The van der Waals surface area contributed by atoms with E-state index in [0.29, 0.717) is 11.5 Å². The summed E-state index contributed by atoms with van der Waals surface area (Å²) in [5.74, 6) is 1.63. The predicted molar refractivity (Wildman–Crippen MR) is 67.6 cm³/mol. The van der Waals surface area contributed by atoms with E-state index in [1.54, 1.807) is 11.1 Å². The molecule has 1 aromatic carbocycles. The Labute approximate surface area is 98.3 Å². The average molecular weight is 215 g/mol. The lowest BCUT2D eigenvalue weighted by molar-refractivity contribution is 0.00295. The summed E-state index contributed by atoms with van der Waals surface area (Å²) in [6, 6.07) is 9.72. The third kappa shape index (κ3) is 1.15. The molecule has 0 bridgehead atoms. The van der Waals surface area contributed by atoms with Gasteiger partial charge >= 0.3 is 0 Å². The van der Waals surface area contributed by atoms with Crippen molar-refractivity contribution in [1.29, 1.82) is 0 Å². The molecule has 0 spiro atoms. The Bertz CT molecular complexity index is 408. The minimum absolute atomic E-state index is 0.424. The van der Waals surface area contributed by atoms with Crippen molar-refractivity contribution < 1.29 is 0 Å². The quantitative estimate of drug-likeness (QED) is 0.800. The van der Waals surface area contributed by atoms with Crippen LogP contribution in [-0.2, 0) is 6.42 Å². The minimum Gasteiger partial charge on any atom is -0.313 e. The molecule has 3 rings (SSSR count). The first-order valence-electron chi connectivity index (χ1n) is 6.47. The van der Waals surface area contributed by atoms with E-state index in [1.807, 2.05) is 0 Å². The molecule has 1 fully saturated rings. The summed E-state index contributed by atoms with van der Waals surface area (Å²) in [7, 11) is 0. The van der Waals surface area contributed by atoms with Crippen LogP contribution in [0.4, 0.5) is 0 Å². The Morgan fingerprint density at radius 1 is 1.31 bits per heavy atom.